The van der Waals surface area contributed by atoms with Crippen molar-refractivity contribution in [1.29, 1.82) is 0 Å². The van der Waals surface area contributed by atoms with Gasteiger partial charge in [-0.05, 0) is 35.3 Å². The van der Waals surface area contributed by atoms with E-state index in [9.17, 15) is 0 Å². The molecule has 2 atom stereocenters. The Morgan fingerprint density at radius 1 is 0.688 bits per heavy atom. The van der Waals surface area contributed by atoms with E-state index in [0.29, 0.717) is 17.8 Å². The van der Waals surface area contributed by atoms with Gasteiger partial charge in [-0.2, -0.15) is 0 Å². The van der Waals surface area contributed by atoms with Crippen molar-refractivity contribution in [2.24, 2.45) is 11.3 Å². The molecule has 2 nitrogen and oxygen atoms in total. The van der Waals surface area contributed by atoms with Crippen LogP contribution in [-0.2, 0) is 9.47 Å². The van der Waals surface area contributed by atoms with Gasteiger partial charge in [0.15, 0.2) is 0 Å². The van der Waals surface area contributed by atoms with Gasteiger partial charge in [0, 0.05) is 25.0 Å². The van der Waals surface area contributed by atoms with Crippen LogP contribution in [0.25, 0.3) is 0 Å². The molecule has 0 unspecified atom stereocenters. The average molecular weight is 439 g/mol. The number of unbranched alkanes of at least 4 members (excludes halogenated alkanes) is 3. The predicted molar refractivity (Wildman–Crippen MR) is 137 cm³/mol. The zero-order valence-corrected chi connectivity index (χ0v) is 21.2. The van der Waals surface area contributed by atoms with E-state index in [1.54, 1.807) is 0 Å². The minimum absolute atomic E-state index is 0.242. The molecular weight excluding hydrogens is 392 g/mol. The number of hydrogen-bond acceptors (Lipinski definition) is 2. The summed E-state index contributed by atoms with van der Waals surface area (Å²) >= 11 is 0. The first-order valence-corrected chi connectivity index (χ1v) is 12.7. The molecule has 0 radical (unpaired) electrons. The molecular formula is C30H46O2. The Balaban J connectivity index is 1.59. The third kappa shape index (κ3) is 9.08. The molecule has 0 bridgehead atoms. The molecule has 0 spiro atoms. The second-order valence-electron chi connectivity index (χ2n) is 10.1. The number of hydrogen-bond donors (Lipinski definition) is 0. The monoisotopic (exact) mass is 438 g/mol. The summed E-state index contributed by atoms with van der Waals surface area (Å²) in [7, 11) is 0. The van der Waals surface area contributed by atoms with E-state index in [4.69, 9.17) is 9.47 Å². The van der Waals surface area contributed by atoms with Crippen molar-refractivity contribution in [2.75, 3.05) is 26.4 Å². The van der Waals surface area contributed by atoms with Crippen molar-refractivity contribution in [1.82, 2.24) is 0 Å². The van der Waals surface area contributed by atoms with Crippen LogP contribution in [0.3, 0.4) is 0 Å². The van der Waals surface area contributed by atoms with Crippen molar-refractivity contribution in [3.05, 3.63) is 71.8 Å². The Hall–Kier alpha value is -1.64. The second-order valence-corrected chi connectivity index (χ2v) is 10.1. The minimum atomic E-state index is 0.242. The molecule has 0 saturated carbocycles. The molecule has 0 saturated heterocycles. The van der Waals surface area contributed by atoms with Gasteiger partial charge in [-0.3, -0.25) is 0 Å². The van der Waals surface area contributed by atoms with Crippen molar-refractivity contribution in [2.45, 2.75) is 78.6 Å². The molecule has 2 aromatic carbocycles. The topological polar surface area (TPSA) is 18.5 Å². The highest BCUT2D eigenvalue weighted by molar-refractivity contribution is 5.22. The number of ether oxygens (including phenoxy) is 2. The van der Waals surface area contributed by atoms with Crippen molar-refractivity contribution in [3.63, 3.8) is 0 Å². The summed E-state index contributed by atoms with van der Waals surface area (Å²) in [5, 5.41) is 0. The normalized spacial score (nSPS) is 13.9. The molecule has 2 rings (SSSR count). The van der Waals surface area contributed by atoms with Crippen LogP contribution in [0, 0.1) is 11.3 Å². The van der Waals surface area contributed by atoms with Gasteiger partial charge >= 0.3 is 0 Å². The molecule has 0 aromatic heterocycles. The fourth-order valence-corrected chi connectivity index (χ4v) is 4.25. The van der Waals surface area contributed by atoms with E-state index in [1.807, 2.05) is 0 Å². The Morgan fingerprint density at radius 2 is 1.19 bits per heavy atom. The van der Waals surface area contributed by atoms with Gasteiger partial charge in [-0.25, -0.2) is 0 Å². The number of benzene rings is 2. The van der Waals surface area contributed by atoms with Gasteiger partial charge in [0.05, 0.1) is 13.2 Å². The average Bonchev–Trinajstić information content (AvgIpc) is 2.80. The van der Waals surface area contributed by atoms with E-state index >= 15 is 0 Å². The lowest BCUT2D eigenvalue weighted by Crippen LogP contribution is -2.26. The largest absolute Gasteiger partial charge is 0.381 e. The van der Waals surface area contributed by atoms with Gasteiger partial charge in [-0.15, -0.1) is 0 Å². The first kappa shape index (κ1) is 26.6. The van der Waals surface area contributed by atoms with Crippen LogP contribution >= 0.6 is 0 Å². The lowest BCUT2D eigenvalue weighted by Gasteiger charge is -2.34. The highest BCUT2D eigenvalue weighted by Gasteiger charge is 2.29. The molecule has 178 valence electrons. The van der Waals surface area contributed by atoms with Crippen molar-refractivity contribution >= 4 is 0 Å². The molecule has 0 aliphatic carbocycles. The summed E-state index contributed by atoms with van der Waals surface area (Å²) in [5.74, 6) is 1.52. The second kappa shape index (κ2) is 14.5. The molecule has 2 heteroatoms. The van der Waals surface area contributed by atoms with Crippen LogP contribution in [-0.4, -0.2) is 26.4 Å². The van der Waals surface area contributed by atoms with Crippen LogP contribution < -0.4 is 0 Å². The smallest absolute Gasteiger partial charge is 0.0539 e. The first-order chi connectivity index (χ1) is 15.5. The number of rotatable bonds is 16. The lowest BCUT2D eigenvalue weighted by molar-refractivity contribution is 0.0771. The Bertz CT molecular complexity index is 708. The van der Waals surface area contributed by atoms with E-state index in [2.05, 4.69) is 95.3 Å². The van der Waals surface area contributed by atoms with E-state index in [-0.39, 0.29) is 5.41 Å². The molecule has 2 aromatic rings. The van der Waals surface area contributed by atoms with Gasteiger partial charge in [-0.1, -0.05) is 115 Å². The van der Waals surface area contributed by atoms with Crippen LogP contribution in [0.15, 0.2) is 60.7 Å². The van der Waals surface area contributed by atoms with E-state index in [1.165, 1.54) is 24.0 Å². The Morgan fingerprint density at radius 3 is 1.69 bits per heavy atom. The summed E-state index contributed by atoms with van der Waals surface area (Å²) in [6.07, 6.45) is 5.84. The SMILES string of the molecule is CCC(C)(C)[C@H](COCCCCCCOC[C@H](c1ccccc1)C(C)C)c1ccccc1. The van der Waals surface area contributed by atoms with Crippen LogP contribution in [0.2, 0.25) is 0 Å². The van der Waals surface area contributed by atoms with Crippen LogP contribution in [0.4, 0.5) is 0 Å². The van der Waals surface area contributed by atoms with Crippen LogP contribution in [0.5, 0.6) is 0 Å². The Labute approximate surface area is 197 Å². The fourth-order valence-electron chi connectivity index (χ4n) is 4.25. The predicted octanol–water partition coefficient (Wildman–Crippen LogP) is 8.24. The molecule has 0 aliphatic rings. The zero-order valence-electron chi connectivity index (χ0n) is 21.2. The maximum absolute atomic E-state index is 6.14. The van der Waals surface area contributed by atoms with Gasteiger partial charge in [0.1, 0.15) is 0 Å². The fraction of sp³-hybridized carbons (Fsp3) is 0.600. The van der Waals surface area contributed by atoms with Crippen molar-refractivity contribution < 1.29 is 9.47 Å². The quantitative estimate of drug-likeness (QED) is 0.246. The summed E-state index contributed by atoms with van der Waals surface area (Å²) in [4.78, 5) is 0. The molecule has 0 amide bonds. The maximum Gasteiger partial charge on any atom is 0.0539 e. The van der Waals surface area contributed by atoms with Gasteiger partial charge < -0.3 is 9.47 Å². The third-order valence-corrected chi connectivity index (χ3v) is 7.00. The third-order valence-electron chi connectivity index (χ3n) is 7.00. The zero-order chi connectivity index (χ0) is 23.2. The minimum Gasteiger partial charge on any atom is -0.381 e. The molecule has 0 aliphatic heterocycles. The maximum atomic E-state index is 6.14. The standard InChI is InChI=1S/C30H46O2/c1-6-30(4,5)29(27-19-13-10-14-20-27)24-32-22-16-8-7-15-21-31-23-28(25(2)3)26-17-11-9-12-18-26/h9-14,17-20,25,28-29H,6-8,15-16,21-24H2,1-5H3/t28-,29+/m0/s1. The molecule has 0 fully saturated rings. The molecule has 0 N–H and O–H groups in total. The van der Waals surface area contributed by atoms with Gasteiger partial charge in [0.2, 0.25) is 0 Å². The van der Waals surface area contributed by atoms with E-state index < -0.39 is 0 Å². The first-order valence-electron chi connectivity index (χ1n) is 12.7. The highest BCUT2D eigenvalue weighted by Crippen LogP contribution is 2.38. The molecule has 0 heterocycles. The van der Waals surface area contributed by atoms with Crippen LogP contribution in [0.1, 0.15) is 89.7 Å². The summed E-state index contributed by atoms with van der Waals surface area (Å²) in [6.45, 7) is 14.9. The van der Waals surface area contributed by atoms with E-state index in [0.717, 1.165) is 45.7 Å². The summed E-state index contributed by atoms with van der Waals surface area (Å²) in [5.41, 5.74) is 3.03. The summed E-state index contributed by atoms with van der Waals surface area (Å²) in [6, 6.07) is 21.6. The van der Waals surface area contributed by atoms with Crippen molar-refractivity contribution in [3.8, 4) is 0 Å². The highest BCUT2D eigenvalue weighted by atomic mass is 16.5. The lowest BCUT2D eigenvalue weighted by atomic mass is 9.73. The summed E-state index contributed by atoms with van der Waals surface area (Å²) < 4.78 is 12.2. The molecule has 32 heavy (non-hydrogen) atoms. The Kier molecular flexibility index (Phi) is 12.1. The van der Waals surface area contributed by atoms with Gasteiger partial charge in [0.25, 0.3) is 0 Å².